The van der Waals surface area contributed by atoms with E-state index in [1.54, 1.807) is 11.8 Å². The number of thioether (sulfide) groups is 1. The summed E-state index contributed by atoms with van der Waals surface area (Å²) in [7, 11) is -4.25. The second-order valence-electron chi connectivity index (χ2n) is 13.4. The summed E-state index contributed by atoms with van der Waals surface area (Å²) in [4.78, 5) is 4.59. The summed E-state index contributed by atoms with van der Waals surface area (Å²) < 4.78 is 36.4. The highest BCUT2D eigenvalue weighted by Crippen LogP contribution is 2.49. The van der Waals surface area contributed by atoms with E-state index in [4.69, 9.17) is 0 Å². The largest absolute Gasteiger partial charge is 0.748 e. The molecule has 1 aliphatic carbocycles. The third kappa shape index (κ3) is 8.65. The van der Waals surface area contributed by atoms with E-state index in [0.29, 0.717) is 19.4 Å². The second-order valence-corrected chi connectivity index (χ2v) is 16.0. The summed E-state index contributed by atoms with van der Waals surface area (Å²) in [5, 5.41) is 1.24. The first-order valence-electron chi connectivity index (χ1n) is 18.5. The minimum Gasteiger partial charge on any atom is -0.748 e. The molecule has 1 aromatic heterocycles. The molecule has 2 heterocycles. The minimum absolute atomic E-state index is 0.321. The fourth-order valence-corrected chi connectivity index (χ4v) is 8.81. The van der Waals surface area contributed by atoms with Gasteiger partial charge in [-0.05, 0) is 95.7 Å². The predicted octanol–water partition coefficient (Wildman–Crippen LogP) is 10.7. The van der Waals surface area contributed by atoms with Crippen LogP contribution in [0.1, 0.15) is 61.4 Å². The maximum Gasteiger partial charge on any atom is 0.212 e. The molecule has 0 N–H and O–H groups in total. The van der Waals surface area contributed by atoms with Gasteiger partial charge in [-0.15, -0.1) is 0 Å². The molecule has 0 bridgehead atoms. The number of benzene rings is 4. The van der Waals surface area contributed by atoms with E-state index in [0.717, 1.165) is 35.5 Å². The molecule has 5 nitrogen and oxygen atoms in total. The van der Waals surface area contributed by atoms with Crippen molar-refractivity contribution < 1.29 is 17.5 Å². The van der Waals surface area contributed by atoms with Crippen LogP contribution in [-0.4, -0.2) is 25.3 Å². The number of hydrogen-bond donors (Lipinski definition) is 0. The Morgan fingerprint density at radius 3 is 2.32 bits per heavy atom. The molecule has 2 aliphatic rings. The maximum atomic E-state index is 11.3. The normalized spacial score (nSPS) is 15.6. The molecule has 4 aromatic carbocycles. The monoisotopic (exact) mass is 736 g/mol. The van der Waals surface area contributed by atoms with Crippen molar-refractivity contribution >= 4 is 61.8 Å². The van der Waals surface area contributed by atoms with Crippen LogP contribution in [0.15, 0.2) is 155 Å². The summed E-state index contributed by atoms with van der Waals surface area (Å²) in [5.41, 5.74) is 10.3. The molecule has 0 fully saturated rings. The van der Waals surface area contributed by atoms with Crippen molar-refractivity contribution in [1.29, 1.82) is 0 Å². The highest BCUT2D eigenvalue weighted by Gasteiger charge is 2.26. The van der Waals surface area contributed by atoms with E-state index in [1.165, 1.54) is 55.9 Å². The number of unbranched alkanes of at least 4 members (excludes halogenated alkanes) is 3. The van der Waals surface area contributed by atoms with Gasteiger partial charge in [-0.1, -0.05) is 110 Å². The summed E-state index contributed by atoms with van der Waals surface area (Å²) in [6, 6.07) is 40.5. The van der Waals surface area contributed by atoms with Gasteiger partial charge in [-0.25, -0.2) is 8.42 Å². The number of rotatable bonds is 14. The number of para-hydroxylation sites is 2. The Kier molecular flexibility index (Phi) is 11.5. The molecule has 0 radical (unpaired) electrons. The SMILES string of the molecule is CCCCC[n+]1c(/C=C/C2=C(Sc3ccccc3)C(=C/C=C3\C=Cc4ccccc4N3CCCCS(=O)(=O)[O-])/c3ccccc32)ccc2ccccc21. The van der Waals surface area contributed by atoms with Gasteiger partial charge in [0.25, 0.3) is 0 Å². The molecule has 7 heteroatoms. The number of aromatic nitrogens is 1. The third-order valence-corrected chi connectivity index (χ3v) is 11.7. The lowest BCUT2D eigenvalue weighted by Crippen LogP contribution is -2.38. The Morgan fingerprint density at radius 2 is 1.49 bits per heavy atom. The van der Waals surface area contributed by atoms with Gasteiger partial charge in [-0.3, -0.25) is 0 Å². The minimum atomic E-state index is -4.25. The van der Waals surface area contributed by atoms with Gasteiger partial charge in [0.2, 0.25) is 11.2 Å². The lowest BCUT2D eigenvalue weighted by molar-refractivity contribution is -0.673. The zero-order valence-electron chi connectivity index (χ0n) is 30.0. The van der Waals surface area contributed by atoms with Gasteiger partial charge in [-0.2, -0.15) is 4.57 Å². The van der Waals surface area contributed by atoms with Crippen LogP contribution in [0, 0.1) is 0 Å². The molecule has 0 unspecified atom stereocenters. The summed E-state index contributed by atoms with van der Waals surface area (Å²) >= 11 is 1.78. The molecule has 0 saturated carbocycles. The summed E-state index contributed by atoms with van der Waals surface area (Å²) in [6.07, 6.45) is 17.6. The van der Waals surface area contributed by atoms with Crippen molar-refractivity contribution in [3.8, 4) is 0 Å². The molecule has 0 spiro atoms. The predicted molar refractivity (Wildman–Crippen MR) is 221 cm³/mol. The van der Waals surface area contributed by atoms with E-state index in [-0.39, 0.29) is 5.75 Å². The van der Waals surface area contributed by atoms with Crippen LogP contribution in [0.5, 0.6) is 0 Å². The zero-order valence-corrected chi connectivity index (χ0v) is 31.7. The zero-order chi connectivity index (χ0) is 36.6. The second kappa shape index (κ2) is 16.8. The van der Waals surface area contributed by atoms with Gasteiger partial charge in [0, 0.05) is 63.5 Å². The molecule has 0 atom stereocenters. The van der Waals surface area contributed by atoms with Gasteiger partial charge < -0.3 is 9.45 Å². The molecule has 5 aromatic rings. The van der Waals surface area contributed by atoms with Crippen molar-refractivity contribution in [2.75, 3.05) is 17.2 Å². The van der Waals surface area contributed by atoms with E-state index < -0.39 is 10.1 Å². The number of anilines is 1. The number of aryl methyl sites for hydroxylation is 1. The average Bonchev–Trinajstić information content (AvgIpc) is 3.46. The Hall–Kier alpha value is -4.95. The van der Waals surface area contributed by atoms with Gasteiger partial charge in [0.15, 0.2) is 0 Å². The topological polar surface area (TPSA) is 64.3 Å². The molecule has 53 heavy (non-hydrogen) atoms. The van der Waals surface area contributed by atoms with Crippen LogP contribution >= 0.6 is 11.8 Å². The summed E-state index contributed by atoms with van der Waals surface area (Å²) in [6.45, 7) is 3.81. The van der Waals surface area contributed by atoms with Crippen molar-refractivity contribution in [2.45, 2.75) is 50.5 Å². The van der Waals surface area contributed by atoms with Crippen LogP contribution < -0.4 is 9.47 Å². The average molecular weight is 737 g/mol. The molecule has 0 amide bonds. The van der Waals surface area contributed by atoms with Crippen LogP contribution in [-0.2, 0) is 16.7 Å². The molecular weight excluding hydrogens is 693 g/mol. The van der Waals surface area contributed by atoms with E-state index in [9.17, 15) is 13.0 Å². The molecule has 1 aliphatic heterocycles. The van der Waals surface area contributed by atoms with Crippen molar-refractivity contribution in [3.05, 3.63) is 173 Å². The standard InChI is InChI=1S/C46H44N2O3S2/c1-2-3-13-32-47-37(26-24-35-16-7-11-22-44(35)47)28-30-42-40-20-9-10-21-41(40)43(46(42)52-39-18-5-4-6-19-39)31-29-38-27-25-36-17-8-12-23-45(36)48(38)33-14-15-34-53(49,50)51/h4-12,16-31H,2-3,13-15,32-34H2,1H3. The van der Waals surface area contributed by atoms with Gasteiger partial charge in [0.1, 0.15) is 6.54 Å². The Labute approximate surface area is 318 Å². The van der Waals surface area contributed by atoms with E-state index in [2.05, 4.69) is 156 Å². The number of pyridine rings is 1. The van der Waals surface area contributed by atoms with Crippen LogP contribution in [0.2, 0.25) is 0 Å². The van der Waals surface area contributed by atoms with Crippen molar-refractivity contribution in [3.63, 3.8) is 0 Å². The lowest BCUT2D eigenvalue weighted by Gasteiger charge is -2.30. The number of hydrogen-bond acceptors (Lipinski definition) is 5. The van der Waals surface area contributed by atoms with Gasteiger partial charge in [0.05, 0.1) is 10.1 Å². The Balaban J connectivity index is 1.31. The van der Waals surface area contributed by atoms with Crippen molar-refractivity contribution in [1.82, 2.24) is 0 Å². The van der Waals surface area contributed by atoms with E-state index >= 15 is 0 Å². The quantitative estimate of drug-likeness (QED) is 0.0645. The fourth-order valence-electron chi connectivity index (χ4n) is 7.14. The lowest BCUT2D eigenvalue weighted by atomic mass is 10.0. The van der Waals surface area contributed by atoms with Crippen LogP contribution in [0.3, 0.4) is 0 Å². The van der Waals surface area contributed by atoms with Crippen molar-refractivity contribution in [2.24, 2.45) is 0 Å². The molecular formula is C46H44N2O3S2. The first-order valence-corrected chi connectivity index (χ1v) is 20.9. The Bertz CT molecular complexity index is 2370. The third-order valence-electron chi connectivity index (χ3n) is 9.76. The fraction of sp³-hybridized carbons (Fsp3) is 0.196. The first-order chi connectivity index (χ1) is 25.9. The first kappa shape index (κ1) is 36.4. The maximum absolute atomic E-state index is 11.3. The smallest absolute Gasteiger partial charge is 0.212 e. The summed E-state index contributed by atoms with van der Waals surface area (Å²) in [5.74, 6) is -0.350. The Morgan fingerprint density at radius 1 is 0.736 bits per heavy atom. The van der Waals surface area contributed by atoms with Gasteiger partial charge >= 0.3 is 0 Å². The van der Waals surface area contributed by atoms with Crippen LogP contribution in [0.4, 0.5) is 5.69 Å². The highest BCUT2D eigenvalue weighted by atomic mass is 32.2. The number of fused-ring (bicyclic) bond motifs is 3. The molecule has 0 saturated heterocycles. The number of nitrogens with zero attached hydrogens (tertiary/aromatic N) is 2. The highest BCUT2D eigenvalue weighted by molar-refractivity contribution is 8.04. The van der Waals surface area contributed by atoms with Crippen LogP contribution in [0.25, 0.3) is 34.2 Å². The molecule has 7 rings (SSSR count). The number of allylic oxidation sites excluding steroid dienone is 6. The molecule has 268 valence electrons. The van der Waals surface area contributed by atoms with E-state index in [1.807, 2.05) is 12.1 Å².